The van der Waals surface area contributed by atoms with Crippen molar-refractivity contribution in [3.63, 3.8) is 0 Å². The van der Waals surface area contributed by atoms with E-state index in [4.69, 9.17) is 21.7 Å². The molecule has 142 valence electrons. The Labute approximate surface area is 170 Å². The minimum absolute atomic E-state index is 0.400. The molecule has 5 nitrogen and oxygen atoms in total. The first-order chi connectivity index (χ1) is 13.8. The number of nitrogens with zero attached hydrogens (tertiary/aromatic N) is 1. The molecule has 0 aliphatic heterocycles. The van der Waals surface area contributed by atoms with E-state index in [2.05, 4.69) is 15.8 Å². The fourth-order valence-electron chi connectivity index (χ4n) is 2.52. The summed E-state index contributed by atoms with van der Waals surface area (Å²) in [7, 11) is 1.61. The number of hydrogen-bond acceptors (Lipinski definition) is 4. The number of methoxy groups -OCH3 is 1. The second-order valence-electron chi connectivity index (χ2n) is 5.84. The Kier molecular flexibility index (Phi) is 6.98. The van der Waals surface area contributed by atoms with Crippen LogP contribution in [0.4, 0.5) is 5.69 Å². The van der Waals surface area contributed by atoms with Crippen LogP contribution < -0.4 is 20.2 Å². The molecule has 0 aliphatic rings. The molecule has 6 heteroatoms. The molecule has 3 aromatic carbocycles. The van der Waals surface area contributed by atoms with Crippen molar-refractivity contribution in [2.75, 3.05) is 12.4 Å². The summed E-state index contributed by atoms with van der Waals surface area (Å²) >= 11 is 5.26. The molecule has 0 atom stereocenters. The standard InChI is InChI=1S/C22H21N3O2S/c1-26-20-14-8-11-18(21(20)27-16-17-9-4-2-5-10-17)15-23-25-22(28)24-19-12-6-3-7-13-19/h2-15H,16H2,1H3,(H2,24,25,28)/b23-15+. The number of para-hydroxylation sites is 2. The van der Waals surface area contributed by atoms with Gasteiger partial charge in [-0.05, 0) is 42.0 Å². The molecule has 0 saturated heterocycles. The van der Waals surface area contributed by atoms with Gasteiger partial charge in [-0.15, -0.1) is 0 Å². The van der Waals surface area contributed by atoms with Gasteiger partial charge >= 0.3 is 0 Å². The molecule has 0 heterocycles. The van der Waals surface area contributed by atoms with Crippen molar-refractivity contribution >= 4 is 29.2 Å². The number of ether oxygens (including phenoxy) is 2. The SMILES string of the molecule is COc1cccc(/C=N/NC(=S)Nc2ccccc2)c1OCc1ccccc1. The minimum atomic E-state index is 0.400. The van der Waals surface area contributed by atoms with Gasteiger partial charge in [-0.3, -0.25) is 5.43 Å². The van der Waals surface area contributed by atoms with Crippen LogP contribution in [-0.4, -0.2) is 18.4 Å². The predicted octanol–water partition coefficient (Wildman–Crippen LogP) is 4.59. The monoisotopic (exact) mass is 391 g/mol. The molecule has 0 fully saturated rings. The van der Waals surface area contributed by atoms with Gasteiger partial charge in [-0.2, -0.15) is 5.10 Å². The normalized spacial score (nSPS) is 10.5. The van der Waals surface area contributed by atoms with Gasteiger partial charge in [0.2, 0.25) is 0 Å². The Bertz CT molecular complexity index is 931. The molecule has 0 bridgehead atoms. The third-order valence-electron chi connectivity index (χ3n) is 3.86. The van der Waals surface area contributed by atoms with Crippen LogP contribution >= 0.6 is 12.2 Å². The lowest BCUT2D eigenvalue weighted by Gasteiger charge is -2.13. The Hall–Kier alpha value is -3.38. The Balaban J connectivity index is 1.67. The van der Waals surface area contributed by atoms with E-state index in [1.807, 2.05) is 78.9 Å². The first-order valence-corrected chi connectivity index (χ1v) is 9.16. The van der Waals surface area contributed by atoms with Crippen LogP contribution in [0.15, 0.2) is 84.0 Å². The Morgan fingerprint density at radius 3 is 2.39 bits per heavy atom. The van der Waals surface area contributed by atoms with Gasteiger partial charge in [-0.1, -0.05) is 54.6 Å². The van der Waals surface area contributed by atoms with Crippen molar-refractivity contribution in [3.8, 4) is 11.5 Å². The van der Waals surface area contributed by atoms with Gasteiger partial charge in [0.1, 0.15) is 6.61 Å². The van der Waals surface area contributed by atoms with Crippen molar-refractivity contribution < 1.29 is 9.47 Å². The molecular formula is C22H21N3O2S. The van der Waals surface area contributed by atoms with Crippen molar-refractivity contribution in [1.29, 1.82) is 0 Å². The van der Waals surface area contributed by atoms with Crippen LogP contribution in [0.25, 0.3) is 0 Å². The molecule has 0 unspecified atom stereocenters. The van der Waals surface area contributed by atoms with E-state index in [0.29, 0.717) is 23.2 Å². The molecule has 0 saturated carbocycles. The highest BCUT2D eigenvalue weighted by molar-refractivity contribution is 7.80. The fraction of sp³-hybridized carbons (Fsp3) is 0.0909. The summed E-state index contributed by atoms with van der Waals surface area (Å²) in [4.78, 5) is 0. The van der Waals surface area contributed by atoms with Gasteiger partial charge in [0.05, 0.1) is 13.3 Å². The van der Waals surface area contributed by atoms with Crippen molar-refractivity contribution in [2.24, 2.45) is 5.10 Å². The highest BCUT2D eigenvalue weighted by Gasteiger charge is 2.09. The van der Waals surface area contributed by atoms with Gasteiger partial charge < -0.3 is 14.8 Å². The first-order valence-electron chi connectivity index (χ1n) is 8.75. The molecule has 3 rings (SSSR count). The first kappa shape index (κ1) is 19.4. The molecule has 0 aliphatic carbocycles. The van der Waals surface area contributed by atoms with E-state index >= 15 is 0 Å². The van der Waals surface area contributed by atoms with Crippen LogP contribution in [-0.2, 0) is 6.61 Å². The quantitative estimate of drug-likeness (QED) is 0.350. The van der Waals surface area contributed by atoms with Crippen LogP contribution in [0.3, 0.4) is 0 Å². The van der Waals surface area contributed by atoms with Gasteiger partial charge in [0.25, 0.3) is 0 Å². The van der Waals surface area contributed by atoms with E-state index in [9.17, 15) is 0 Å². The van der Waals surface area contributed by atoms with E-state index < -0.39 is 0 Å². The smallest absolute Gasteiger partial charge is 0.191 e. The highest BCUT2D eigenvalue weighted by atomic mass is 32.1. The molecule has 0 radical (unpaired) electrons. The molecule has 3 aromatic rings. The topological polar surface area (TPSA) is 54.9 Å². The average Bonchev–Trinajstić information content (AvgIpc) is 2.74. The van der Waals surface area contributed by atoms with Crippen molar-refractivity contribution in [1.82, 2.24) is 5.43 Å². The number of benzene rings is 3. The molecular weight excluding hydrogens is 370 g/mol. The molecule has 0 spiro atoms. The van der Waals surface area contributed by atoms with E-state index in [0.717, 1.165) is 16.8 Å². The van der Waals surface area contributed by atoms with Crippen molar-refractivity contribution in [3.05, 3.63) is 90.0 Å². The molecule has 28 heavy (non-hydrogen) atoms. The Morgan fingerprint density at radius 2 is 1.68 bits per heavy atom. The summed E-state index contributed by atoms with van der Waals surface area (Å²) in [5, 5.41) is 7.68. The second-order valence-corrected chi connectivity index (χ2v) is 6.25. The van der Waals surface area contributed by atoms with Crippen LogP contribution in [0.2, 0.25) is 0 Å². The zero-order chi connectivity index (χ0) is 19.6. The van der Waals surface area contributed by atoms with Crippen LogP contribution in [0.1, 0.15) is 11.1 Å². The predicted molar refractivity (Wildman–Crippen MR) is 117 cm³/mol. The summed E-state index contributed by atoms with van der Waals surface area (Å²) < 4.78 is 11.4. The van der Waals surface area contributed by atoms with Gasteiger partial charge in [-0.25, -0.2) is 0 Å². The summed E-state index contributed by atoms with van der Waals surface area (Å²) in [5.41, 5.74) is 5.56. The maximum Gasteiger partial charge on any atom is 0.191 e. The number of hydrogen-bond donors (Lipinski definition) is 2. The van der Waals surface area contributed by atoms with Crippen LogP contribution in [0, 0.1) is 0 Å². The zero-order valence-electron chi connectivity index (χ0n) is 15.5. The number of anilines is 1. The lowest BCUT2D eigenvalue weighted by atomic mass is 10.2. The van der Waals surface area contributed by atoms with Crippen LogP contribution in [0.5, 0.6) is 11.5 Å². The third-order valence-corrected chi connectivity index (χ3v) is 4.05. The second kappa shape index (κ2) is 10.1. The minimum Gasteiger partial charge on any atom is -0.493 e. The lowest BCUT2D eigenvalue weighted by Crippen LogP contribution is -2.23. The van der Waals surface area contributed by atoms with Crippen molar-refractivity contribution in [2.45, 2.75) is 6.61 Å². The van der Waals surface area contributed by atoms with Gasteiger partial charge in [0, 0.05) is 11.3 Å². The summed E-state index contributed by atoms with van der Waals surface area (Å²) in [6.07, 6.45) is 1.65. The molecule has 0 amide bonds. The average molecular weight is 391 g/mol. The lowest BCUT2D eigenvalue weighted by molar-refractivity contribution is 0.284. The number of hydrazone groups is 1. The zero-order valence-corrected chi connectivity index (χ0v) is 16.3. The van der Waals surface area contributed by atoms with E-state index in [1.54, 1.807) is 13.3 Å². The number of rotatable bonds is 7. The maximum atomic E-state index is 6.01. The largest absolute Gasteiger partial charge is 0.493 e. The van der Waals surface area contributed by atoms with E-state index in [-0.39, 0.29) is 0 Å². The summed E-state index contributed by atoms with van der Waals surface area (Å²) in [5.74, 6) is 1.27. The maximum absolute atomic E-state index is 6.01. The molecule has 2 N–H and O–H groups in total. The van der Waals surface area contributed by atoms with Gasteiger partial charge in [0.15, 0.2) is 16.6 Å². The summed E-state index contributed by atoms with van der Waals surface area (Å²) in [6.45, 7) is 0.434. The summed E-state index contributed by atoms with van der Waals surface area (Å²) in [6, 6.07) is 25.3. The number of nitrogens with one attached hydrogen (secondary N) is 2. The third kappa shape index (κ3) is 5.56. The number of thiocarbonyl (C=S) groups is 1. The highest BCUT2D eigenvalue weighted by Crippen LogP contribution is 2.30. The van der Waals surface area contributed by atoms with E-state index in [1.165, 1.54) is 0 Å². The fourth-order valence-corrected chi connectivity index (χ4v) is 2.69. The molecule has 0 aromatic heterocycles. The Morgan fingerprint density at radius 1 is 0.964 bits per heavy atom.